The summed E-state index contributed by atoms with van der Waals surface area (Å²) in [4.78, 5) is 4.35. The zero-order chi connectivity index (χ0) is 18.4. The van der Waals surface area contributed by atoms with Crippen LogP contribution in [0.4, 0.5) is 0 Å². The van der Waals surface area contributed by atoms with E-state index in [9.17, 15) is 0 Å². The van der Waals surface area contributed by atoms with E-state index in [0.29, 0.717) is 17.6 Å². The van der Waals surface area contributed by atoms with Gasteiger partial charge in [-0.05, 0) is 37.0 Å². The molecule has 5 heteroatoms. The molecule has 0 bridgehead atoms. The van der Waals surface area contributed by atoms with E-state index in [4.69, 9.17) is 5.73 Å². The summed E-state index contributed by atoms with van der Waals surface area (Å²) in [5.41, 5.74) is 9.97. The monoisotopic (exact) mass is 339 g/mol. The van der Waals surface area contributed by atoms with E-state index < -0.39 is 0 Å². The SMILES string of the molecule is C=C(N=C/C=C(\N)c1c(C(C)C)nn2ccccc12)NC(CC)CC. The fourth-order valence-corrected chi connectivity index (χ4v) is 2.77. The van der Waals surface area contributed by atoms with Crippen LogP contribution in [0.25, 0.3) is 11.2 Å². The second-order valence-electron chi connectivity index (χ2n) is 6.45. The predicted octanol–water partition coefficient (Wildman–Crippen LogP) is 4.08. The lowest BCUT2D eigenvalue weighted by molar-refractivity contribution is 0.532. The molecule has 0 aliphatic rings. The molecule has 134 valence electrons. The largest absolute Gasteiger partial charge is 0.398 e. The second kappa shape index (κ2) is 8.51. The summed E-state index contributed by atoms with van der Waals surface area (Å²) in [6.07, 6.45) is 7.54. The Kier molecular flexibility index (Phi) is 6.39. The summed E-state index contributed by atoms with van der Waals surface area (Å²) in [6, 6.07) is 6.38. The molecule has 5 nitrogen and oxygen atoms in total. The van der Waals surface area contributed by atoms with Crippen molar-refractivity contribution >= 4 is 17.4 Å². The van der Waals surface area contributed by atoms with Crippen molar-refractivity contribution in [3.8, 4) is 0 Å². The number of nitrogens with zero attached hydrogens (tertiary/aromatic N) is 3. The first-order valence-corrected chi connectivity index (χ1v) is 8.90. The Labute approximate surface area is 150 Å². The van der Waals surface area contributed by atoms with Gasteiger partial charge in [-0.1, -0.05) is 40.3 Å². The summed E-state index contributed by atoms with van der Waals surface area (Å²) in [6.45, 7) is 12.5. The van der Waals surface area contributed by atoms with Gasteiger partial charge in [0.1, 0.15) is 5.82 Å². The molecule has 2 heterocycles. The van der Waals surface area contributed by atoms with Crippen molar-refractivity contribution in [2.45, 2.75) is 52.5 Å². The van der Waals surface area contributed by atoms with Gasteiger partial charge in [0.05, 0.1) is 11.2 Å². The zero-order valence-corrected chi connectivity index (χ0v) is 15.7. The van der Waals surface area contributed by atoms with Gasteiger partial charge in [0.25, 0.3) is 0 Å². The van der Waals surface area contributed by atoms with Crippen LogP contribution in [-0.4, -0.2) is 21.9 Å². The Balaban J connectivity index is 2.25. The number of rotatable bonds is 8. The molecule has 0 aliphatic heterocycles. The number of aliphatic imine (C=N–C) groups is 1. The third kappa shape index (κ3) is 4.50. The van der Waals surface area contributed by atoms with E-state index in [-0.39, 0.29) is 5.92 Å². The molecular formula is C20H29N5. The van der Waals surface area contributed by atoms with Crippen molar-refractivity contribution in [1.82, 2.24) is 14.9 Å². The first kappa shape index (κ1) is 18.8. The maximum atomic E-state index is 6.35. The molecule has 0 atom stereocenters. The van der Waals surface area contributed by atoms with Crippen LogP contribution in [0.15, 0.2) is 47.9 Å². The molecule has 2 aromatic rings. The average molecular weight is 339 g/mol. The highest BCUT2D eigenvalue weighted by atomic mass is 15.2. The summed E-state index contributed by atoms with van der Waals surface area (Å²) < 4.78 is 1.87. The van der Waals surface area contributed by atoms with Crippen LogP contribution in [0.2, 0.25) is 0 Å². The minimum Gasteiger partial charge on any atom is -0.398 e. The zero-order valence-electron chi connectivity index (χ0n) is 15.7. The predicted molar refractivity (Wildman–Crippen MR) is 107 cm³/mol. The van der Waals surface area contributed by atoms with Crippen LogP contribution in [0.5, 0.6) is 0 Å². The number of nitrogens with two attached hydrogens (primary N) is 1. The third-order valence-electron chi connectivity index (χ3n) is 4.24. The number of hydrogen-bond donors (Lipinski definition) is 2. The molecule has 3 N–H and O–H groups in total. The fourth-order valence-electron chi connectivity index (χ4n) is 2.77. The van der Waals surface area contributed by atoms with Gasteiger partial charge in [-0.15, -0.1) is 0 Å². The van der Waals surface area contributed by atoms with Gasteiger partial charge in [-0.25, -0.2) is 9.51 Å². The van der Waals surface area contributed by atoms with Crippen LogP contribution < -0.4 is 11.1 Å². The van der Waals surface area contributed by atoms with Gasteiger partial charge in [-0.3, -0.25) is 0 Å². The molecule has 25 heavy (non-hydrogen) atoms. The Hall–Kier alpha value is -2.56. The Morgan fingerprint density at radius 2 is 2.08 bits per heavy atom. The summed E-state index contributed by atoms with van der Waals surface area (Å²) in [5.74, 6) is 0.937. The third-order valence-corrected chi connectivity index (χ3v) is 4.24. The van der Waals surface area contributed by atoms with Crippen molar-refractivity contribution in [1.29, 1.82) is 0 Å². The van der Waals surface area contributed by atoms with Gasteiger partial charge in [0.2, 0.25) is 0 Å². The number of allylic oxidation sites excluding steroid dienone is 1. The normalized spacial score (nSPS) is 12.6. The van der Waals surface area contributed by atoms with Crippen molar-refractivity contribution in [2.75, 3.05) is 0 Å². The van der Waals surface area contributed by atoms with Crippen LogP contribution in [0.1, 0.15) is 57.7 Å². The van der Waals surface area contributed by atoms with Crippen LogP contribution in [0, 0.1) is 0 Å². The van der Waals surface area contributed by atoms with Crippen LogP contribution in [-0.2, 0) is 0 Å². The van der Waals surface area contributed by atoms with Gasteiger partial charge < -0.3 is 11.1 Å². The quantitative estimate of drug-likeness (QED) is 0.712. The van der Waals surface area contributed by atoms with Crippen molar-refractivity contribution in [3.05, 3.63) is 54.1 Å². The molecule has 0 amide bonds. The highest BCUT2D eigenvalue weighted by molar-refractivity contribution is 5.89. The van der Waals surface area contributed by atoms with Gasteiger partial charge in [0.15, 0.2) is 0 Å². The van der Waals surface area contributed by atoms with E-state index in [1.165, 1.54) is 0 Å². The molecule has 0 radical (unpaired) electrons. The second-order valence-corrected chi connectivity index (χ2v) is 6.45. The topological polar surface area (TPSA) is 67.7 Å². The standard InChI is InChI=1S/C20H29N5/c1-6-16(7-2)23-15(5)22-12-11-17(21)19-18-10-8-9-13-25(18)24-20(19)14(3)4/h8-14,16,23H,5-7,21H2,1-4H3/b17-11-,22-12?. The van der Waals surface area contributed by atoms with Crippen LogP contribution >= 0.6 is 0 Å². The van der Waals surface area contributed by atoms with E-state index >= 15 is 0 Å². The Morgan fingerprint density at radius 1 is 1.36 bits per heavy atom. The number of hydrogen-bond acceptors (Lipinski definition) is 4. The van der Waals surface area contributed by atoms with Crippen LogP contribution in [0.3, 0.4) is 0 Å². The highest BCUT2D eigenvalue weighted by Gasteiger charge is 2.16. The molecule has 0 unspecified atom stereocenters. The molecule has 2 rings (SSSR count). The summed E-state index contributed by atoms with van der Waals surface area (Å²) in [5, 5.41) is 7.96. The molecule has 0 saturated carbocycles. The molecular weight excluding hydrogens is 310 g/mol. The highest BCUT2D eigenvalue weighted by Crippen LogP contribution is 2.26. The Bertz CT molecular complexity index is 778. The molecule has 0 aromatic carbocycles. The number of aromatic nitrogens is 2. The molecule has 0 aliphatic carbocycles. The lowest BCUT2D eigenvalue weighted by Crippen LogP contribution is -2.25. The smallest absolute Gasteiger partial charge is 0.118 e. The van der Waals surface area contributed by atoms with Gasteiger partial charge >= 0.3 is 0 Å². The van der Waals surface area contributed by atoms with Gasteiger partial charge in [-0.2, -0.15) is 5.10 Å². The van der Waals surface area contributed by atoms with Gasteiger partial charge in [0, 0.05) is 29.7 Å². The number of nitrogens with one attached hydrogen (secondary N) is 1. The molecule has 0 spiro atoms. The summed E-state index contributed by atoms with van der Waals surface area (Å²) >= 11 is 0. The van der Waals surface area contributed by atoms with E-state index in [1.54, 1.807) is 6.21 Å². The van der Waals surface area contributed by atoms with Crippen molar-refractivity contribution in [2.24, 2.45) is 10.7 Å². The molecule has 0 saturated heterocycles. The van der Waals surface area contributed by atoms with E-state index in [1.807, 2.05) is 35.0 Å². The molecule has 2 aromatic heterocycles. The lowest BCUT2D eigenvalue weighted by Gasteiger charge is -2.14. The molecule has 0 fully saturated rings. The minimum absolute atomic E-state index is 0.283. The first-order valence-electron chi connectivity index (χ1n) is 8.90. The van der Waals surface area contributed by atoms with Crippen molar-refractivity contribution in [3.63, 3.8) is 0 Å². The maximum Gasteiger partial charge on any atom is 0.118 e. The Morgan fingerprint density at radius 3 is 2.72 bits per heavy atom. The van der Waals surface area contributed by atoms with E-state index in [2.05, 4.69) is 49.7 Å². The number of pyridine rings is 1. The van der Waals surface area contributed by atoms with Crippen molar-refractivity contribution < 1.29 is 0 Å². The number of fused-ring (bicyclic) bond motifs is 1. The maximum absolute atomic E-state index is 6.35. The first-order chi connectivity index (χ1) is 12.0. The summed E-state index contributed by atoms with van der Waals surface area (Å²) in [7, 11) is 0. The van der Waals surface area contributed by atoms with E-state index in [0.717, 1.165) is 29.6 Å². The lowest BCUT2D eigenvalue weighted by atomic mass is 10.0. The average Bonchev–Trinajstić information content (AvgIpc) is 2.99. The fraction of sp³-hybridized carbons (Fsp3) is 0.400. The minimum atomic E-state index is 0.283.